The molecule has 0 aliphatic carbocycles. The van der Waals surface area contributed by atoms with Gasteiger partial charge in [-0.1, -0.05) is 23.2 Å². The molecule has 0 aliphatic heterocycles. The molecule has 1 aromatic carbocycles. The second-order valence-electron chi connectivity index (χ2n) is 3.05. The minimum Gasteiger partial charge on any atom is -0.501 e. The summed E-state index contributed by atoms with van der Waals surface area (Å²) < 4.78 is 0. The molecule has 0 aliphatic rings. The lowest BCUT2D eigenvalue weighted by Gasteiger charge is -2.03. The van der Waals surface area contributed by atoms with Crippen LogP contribution in [-0.4, -0.2) is 10.1 Å². The molecule has 2 rings (SSSR count). The molecule has 2 aromatic rings. The topological polar surface area (TPSA) is 82.5 Å². The highest BCUT2D eigenvalue weighted by Crippen LogP contribution is 2.35. The standard InChI is InChI=1S/C9H4Cl2N2O3/c10-4-1-3-6(2-5(4)11)12-9(15)8(14)7(3)13-16/h1-2,14H,(H,12,15). The van der Waals surface area contributed by atoms with E-state index in [9.17, 15) is 14.8 Å². The maximum Gasteiger partial charge on any atom is 0.292 e. The van der Waals surface area contributed by atoms with E-state index < -0.39 is 11.3 Å². The Kier molecular flexibility index (Phi) is 2.57. The molecule has 0 radical (unpaired) electrons. The maximum absolute atomic E-state index is 11.2. The number of nitrogens with one attached hydrogen (secondary N) is 1. The van der Waals surface area contributed by atoms with Gasteiger partial charge in [0.05, 0.1) is 15.6 Å². The van der Waals surface area contributed by atoms with Crippen molar-refractivity contribution < 1.29 is 5.11 Å². The van der Waals surface area contributed by atoms with Crippen LogP contribution in [0.2, 0.25) is 10.0 Å². The number of nitroso groups, excluding NO2 is 1. The van der Waals surface area contributed by atoms with E-state index in [0.29, 0.717) is 0 Å². The molecule has 1 aromatic heterocycles. The molecule has 0 unspecified atom stereocenters. The second-order valence-corrected chi connectivity index (χ2v) is 3.87. The molecule has 0 saturated carbocycles. The smallest absolute Gasteiger partial charge is 0.292 e. The third-order valence-electron chi connectivity index (χ3n) is 2.09. The fraction of sp³-hybridized carbons (Fsp3) is 0. The van der Waals surface area contributed by atoms with E-state index in [1.54, 1.807) is 0 Å². The fourth-order valence-electron chi connectivity index (χ4n) is 1.36. The fourth-order valence-corrected chi connectivity index (χ4v) is 1.68. The Morgan fingerprint density at radius 3 is 2.50 bits per heavy atom. The van der Waals surface area contributed by atoms with Crippen LogP contribution in [0.5, 0.6) is 5.75 Å². The molecule has 2 N–H and O–H groups in total. The predicted octanol–water partition coefficient (Wildman–Crippen LogP) is 2.94. The Morgan fingerprint density at radius 1 is 1.25 bits per heavy atom. The quantitative estimate of drug-likeness (QED) is 0.772. The van der Waals surface area contributed by atoms with E-state index >= 15 is 0 Å². The van der Waals surface area contributed by atoms with Gasteiger partial charge in [-0.05, 0) is 17.3 Å². The highest BCUT2D eigenvalue weighted by molar-refractivity contribution is 6.42. The number of aromatic hydroxyl groups is 1. The summed E-state index contributed by atoms with van der Waals surface area (Å²) in [7, 11) is 0. The van der Waals surface area contributed by atoms with Gasteiger partial charge in [0.25, 0.3) is 5.56 Å². The van der Waals surface area contributed by atoms with Crippen molar-refractivity contribution in [2.24, 2.45) is 5.18 Å². The number of hydrogen-bond donors (Lipinski definition) is 2. The molecule has 0 fully saturated rings. The van der Waals surface area contributed by atoms with Crippen LogP contribution in [0.4, 0.5) is 5.69 Å². The third-order valence-corrected chi connectivity index (χ3v) is 2.82. The first-order valence-corrected chi connectivity index (χ1v) is 4.87. The van der Waals surface area contributed by atoms with Crippen molar-refractivity contribution in [2.75, 3.05) is 0 Å². The summed E-state index contributed by atoms with van der Waals surface area (Å²) in [4.78, 5) is 24.1. The molecule has 0 spiro atoms. The number of aromatic amines is 1. The molecule has 0 atom stereocenters. The molecule has 5 nitrogen and oxygen atoms in total. The minimum absolute atomic E-state index is 0.200. The van der Waals surface area contributed by atoms with E-state index in [4.69, 9.17) is 23.2 Å². The highest BCUT2D eigenvalue weighted by Gasteiger charge is 2.13. The van der Waals surface area contributed by atoms with E-state index in [1.807, 2.05) is 0 Å². The number of nitrogens with zero attached hydrogens (tertiary/aromatic N) is 1. The summed E-state index contributed by atoms with van der Waals surface area (Å²) in [5.41, 5.74) is -0.871. The molecular weight excluding hydrogens is 255 g/mol. The number of fused-ring (bicyclic) bond motifs is 1. The Morgan fingerprint density at radius 2 is 1.88 bits per heavy atom. The summed E-state index contributed by atoms with van der Waals surface area (Å²) in [6.45, 7) is 0. The number of hydrogen-bond acceptors (Lipinski definition) is 4. The number of benzene rings is 1. The van der Waals surface area contributed by atoms with Crippen LogP contribution in [0, 0.1) is 4.91 Å². The molecule has 0 bridgehead atoms. The van der Waals surface area contributed by atoms with Crippen LogP contribution in [-0.2, 0) is 0 Å². The van der Waals surface area contributed by atoms with Gasteiger partial charge < -0.3 is 10.1 Å². The Labute approximate surface area is 98.6 Å². The lowest BCUT2D eigenvalue weighted by molar-refractivity contribution is 0.469. The van der Waals surface area contributed by atoms with Gasteiger partial charge in [-0.2, -0.15) is 0 Å². The highest BCUT2D eigenvalue weighted by atomic mass is 35.5. The van der Waals surface area contributed by atoms with Crippen molar-refractivity contribution in [1.29, 1.82) is 0 Å². The maximum atomic E-state index is 11.2. The number of rotatable bonds is 1. The molecule has 16 heavy (non-hydrogen) atoms. The Bertz CT molecular complexity index is 651. The Hall–Kier alpha value is -1.59. The number of pyridine rings is 1. The minimum atomic E-state index is -0.805. The van der Waals surface area contributed by atoms with Crippen molar-refractivity contribution in [1.82, 2.24) is 4.98 Å². The van der Waals surface area contributed by atoms with E-state index in [1.165, 1.54) is 12.1 Å². The van der Waals surface area contributed by atoms with Gasteiger partial charge in [0.1, 0.15) is 0 Å². The van der Waals surface area contributed by atoms with Crippen LogP contribution < -0.4 is 5.56 Å². The third kappa shape index (κ3) is 1.54. The summed E-state index contributed by atoms with van der Waals surface area (Å²) in [5, 5.41) is 12.6. The molecule has 0 saturated heterocycles. The molecule has 82 valence electrons. The average Bonchev–Trinajstić information content (AvgIpc) is 2.24. The Balaban J connectivity index is 3.03. The lowest BCUT2D eigenvalue weighted by Crippen LogP contribution is -2.04. The average molecular weight is 259 g/mol. The van der Waals surface area contributed by atoms with Crippen LogP contribution in [0.3, 0.4) is 0 Å². The lowest BCUT2D eigenvalue weighted by atomic mass is 10.2. The van der Waals surface area contributed by atoms with Crippen molar-refractivity contribution in [3.05, 3.63) is 37.4 Å². The van der Waals surface area contributed by atoms with Gasteiger partial charge in [0, 0.05) is 5.39 Å². The molecular formula is C9H4Cl2N2O3. The summed E-state index contributed by atoms with van der Waals surface area (Å²) in [6, 6.07) is 2.74. The van der Waals surface area contributed by atoms with Crippen molar-refractivity contribution in [3.63, 3.8) is 0 Å². The van der Waals surface area contributed by atoms with Gasteiger partial charge in [0.15, 0.2) is 5.69 Å². The van der Waals surface area contributed by atoms with Gasteiger partial charge in [-0.15, -0.1) is 4.91 Å². The van der Waals surface area contributed by atoms with Gasteiger partial charge in [-0.3, -0.25) is 4.79 Å². The van der Waals surface area contributed by atoms with E-state index in [2.05, 4.69) is 10.2 Å². The largest absolute Gasteiger partial charge is 0.501 e. The number of halogens is 2. The zero-order chi connectivity index (χ0) is 11.9. The first-order chi connectivity index (χ1) is 7.54. The SMILES string of the molecule is O=Nc1c(O)c(=O)[nH]c2cc(Cl)c(Cl)cc12. The van der Waals surface area contributed by atoms with Crippen molar-refractivity contribution >= 4 is 39.8 Å². The first kappa shape index (κ1) is 10.9. The number of H-pyrrole nitrogens is 1. The summed E-state index contributed by atoms with van der Waals surface area (Å²) in [6.07, 6.45) is 0. The monoisotopic (exact) mass is 258 g/mol. The zero-order valence-corrected chi connectivity index (χ0v) is 9.13. The predicted molar refractivity (Wildman–Crippen MR) is 61.7 cm³/mol. The molecule has 1 heterocycles. The van der Waals surface area contributed by atoms with Gasteiger partial charge >= 0.3 is 0 Å². The second kappa shape index (κ2) is 3.77. The summed E-state index contributed by atoms with van der Waals surface area (Å²) >= 11 is 11.5. The van der Waals surface area contributed by atoms with Gasteiger partial charge in [-0.25, -0.2) is 0 Å². The van der Waals surface area contributed by atoms with Crippen molar-refractivity contribution in [2.45, 2.75) is 0 Å². The summed E-state index contributed by atoms with van der Waals surface area (Å²) in [5.74, 6) is -0.735. The van der Waals surface area contributed by atoms with Gasteiger partial charge in [0.2, 0.25) is 5.75 Å². The van der Waals surface area contributed by atoms with E-state index in [0.717, 1.165) is 0 Å². The normalized spacial score (nSPS) is 10.6. The number of aromatic nitrogens is 1. The first-order valence-electron chi connectivity index (χ1n) is 4.12. The molecule has 0 amide bonds. The molecule has 7 heteroatoms. The van der Waals surface area contributed by atoms with Crippen LogP contribution in [0.25, 0.3) is 10.9 Å². The van der Waals surface area contributed by atoms with Crippen LogP contribution >= 0.6 is 23.2 Å². The van der Waals surface area contributed by atoms with Crippen LogP contribution in [0.1, 0.15) is 0 Å². The van der Waals surface area contributed by atoms with Crippen molar-refractivity contribution in [3.8, 4) is 5.75 Å². The van der Waals surface area contributed by atoms with E-state index in [-0.39, 0.29) is 26.6 Å². The zero-order valence-electron chi connectivity index (χ0n) is 7.62. The van der Waals surface area contributed by atoms with Crippen LogP contribution in [0.15, 0.2) is 22.1 Å².